The van der Waals surface area contributed by atoms with Gasteiger partial charge in [0.2, 0.25) is 5.91 Å². The Morgan fingerprint density at radius 3 is 2.40 bits per heavy atom. The molecule has 5 unspecified atom stereocenters. The minimum atomic E-state index is -0.795. The number of carboxylic acid groups (broad SMARTS) is 1. The predicted octanol–water partition coefficient (Wildman–Crippen LogP) is 2.28. The van der Waals surface area contributed by atoms with E-state index in [2.05, 4.69) is 0 Å². The third kappa shape index (κ3) is 1.95. The van der Waals surface area contributed by atoms with E-state index in [1.165, 1.54) is 19.3 Å². The first-order valence-electron chi connectivity index (χ1n) is 8.22. The SMILES string of the molecule is O=C(O)C1CC2CCCCC2N1C(=O)C1CC1C1CC1. The van der Waals surface area contributed by atoms with Gasteiger partial charge in [-0.05, 0) is 56.3 Å². The van der Waals surface area contributed by atoms with Gasteiger partial charge in [-0.1, -0.05) is 12.8 Å². The molecule has 110 valence electrons. The fourth-order valence-corrected chi connectivity index (χ4v) is 4.73. The van der Waals surface area contributed by atoms with Gasteiger partial charge in [0.25, 0.3) is 0 Å². The Bertz CT molecular complexity index is 445. The van der Waals surface area contributed by atoms with Crippen LogP contribution in [-0.4, -0.2) is 34.0 Å². The van der Waals surface area contributed by atoms with Crippen LogP contribution >= 0.6 is 0 Å². The number of rotatable bonds is 3. The van der Waals surface area contributed by atoms with Crippen LogP contribution in [0.25, 0.3) is 0 Å². The standard InChI is InChI=1S/C16H23NO3/c18-15(12-8-11(12)9-5-6-9)17-13-4-2-1-3-10(13)7-14(17)16(19)20/h9-14H,1-8H2,(H,19,20). The largest absolute Gasteiger partial charge is 0.480 e. The molecule has 0 aromatic heterocycles. The quantitative estimate of drug-likeness (QED) is 0.861. The van der Waals surface area contributed by atoms with Crippen molar-refractivity contribution in [1.82, 2.24) is 4.90 Å². The average molecular weight is 277 g/mol. The summed E-state index contributed by atoms with van der Waals surface area (Å²) in [5, 5.41) is 9.48. The van der Waals surface area contributed by atoms with Crippen LogP contribution in [0.3, 0.4) is 0 Å². The van der Waals surface area contributed by atoms with Crippen molar-refractivity contribution in [1.29, 1.82) is 0 Å². The molecule has 3 saturated carbocycles. The topological polar surface area (TPSA) is 57.6 Å². The Morgan fingerprint density at radius 1 is 0.950 bits per heavy atom. The van der Waals surface area contributed by atoms with Crippen molar-refractivity contribution < 1.29 is 14.7 Å². The summed E-state index contributed by atoms with van der Waals surface area (Å²) in [6, 6.07) is -0.325. The summed E-state index contributed by atoms with van der Waals surface area (Å²) in [5.74, 6) is 1.33. The fourth-order valence-electron chi connectivity index (χ4n) is 4.73. The Morgan fingerprint density at radius 2 is 1.70 bits per heavy atom. The Kier molecular flexibility index (Phi) is 2.83. The molecule has 0 spiro atoms. The zero-order valence-corrected chi connectivity index (χ0v) is 11.8. The first kappa shape index (κ1) is 12.7. The summed E-state index contributed by atoms with van der Waals surface area (Å²) in [6.45, 7) is 0. The predicted molar refractivity (Wildman–Crippen MR) is 73.0 cm³/mol. The van der Waals surface area contributed by atoms with Crippen molar-refractivity contribution in [2.75, 3.05) is 0 Å². The van der Waals surface area contributed by atoms with Gasteiger partial charge in [-0.3, -0.25) is 4.79 Å². The van der Waals surface area contributed by atoms with E-state index in [1.807, 2.05) is 0 Å². The highest BCUT2D eigenvalue weighted by Crippen LogP contribution is 2.56. The molecule has 5 atom stereocenters. The normalized spacial score (nSPS) is 43.2. The summed E-state index contributed by atoms with van der Waals surface area (Å²) >= 11 is 0. The number of likely N-dealkylation sites (tertiary alicyclic amines) is 1. The minimum Gasteiger partial charge on any atom is -0.480 e. The molecule has 1 amide bonds. The first-order chi connectivity index (χ1) is 9.66. The van der Waals surface area contributed by atoms with Crippen molar-refractivity contribution in [2.45, 2.75) is 63.5 Å². The molecule has 4 rings (SSSR count). The number of amides is 1. The molecule has 0 radical (unpaired) electrons. The lowest BCUT2D eigenvalue weighted by atomic mass is 9.84. The van der Waals surface area contributed by atoms with E-state index in [9.17, 15) is 14.7 Å². The molecule has 0 aromatic rings. The van der Waals surface area contributed by atoms with Gasteiger partial charge in [-0.15, -0.1) is 0 Å². The fraction of sp³-hybridized carbons (Fsp3) is 0.875. The van der Waals surface area contributed by atoms with Gasteiger partial charge < -0.3 is 10.0 Å². The second-order valence-corrected chi connectivity index (χ2v) is 7.29. The second kappa shape index (κ2) is 4.47. The van der Waals surface area contributed by atoms with E-state index < -0.39 is 12.0 Å². The van der Waals surface area contributed by atoms with E-state index in [1.54, 1.807) is 4.90 Å². The summed E-state index contributed by atoms with van der Waals surface area (Å²) in [7, 11) is 0. The number of carboxylic acids is 1. The van der Waals surface area contributed by atoms with Gasteiger partial charge in [0.05, 0.1) is 0 Å². The third-order valence-corrected chi connectivity index (χ3v) is 6.01. The molecule has 20 heavy (non-hydrogen) atoms. The molecule has 4 nitrogen and oxygen atoms in total. The van der Waals surface area contributed by atoms with Crippen LogP contribution in [0, 0.1) is 23.7 Å². The highest BCUT2D eigenvalue weighted by molar-refractivity contribution is 5.88. The Balaban J connectivity index is 1.53. The monoisotopic (exact) mass is 277 g/mol. The molecular formula is C16H23NO3. The Labute approximate surface area is 119 Å². The molecule has 4 fully saturated rings. The number of carbonyl (C=O) groups is 2. The maximum Gasteiger partial charge on any atom is 0.326 e. The molecular weight excluding hydrogens is 254 g/mol. The van der Waals surface area contributed by atoms with Crippen molar-refractivity contribution in [3.05, 3.63) is 0 Å². The van der Waals surface area contributed by atoms with Crippen LogP contribution in [0.5, 0.6) is 0 Å². The molecule has 4 aliphatic rings. The van der Waals surface area contributed by atoms with Crippen LogP contribution in [0.15, 0.2) is 0 Å². The van der Waals surface area contributed by atoms with E-state index >= 15 is 0 Å². The molecule has 1 aliphatic heterocycles. The van der Waals surface area contributed by atoms with Gasteiger partial charge in [0.1, 0.15) is 6.04 Å². The molecule has 1 N–H and O–H groups in total. The Hall–Kier alpha value is -1.06. The molecule has 0 bridgehead atoms. The number of aliphatic carboxylic acids is 1. The van der Waals surface area contributed by atoms with Crippen molar-refractivity contribution >= 4 is 11.9 Å². The molecule has 3 aliphatic carbocycles. The lowest BCUT2D eigenvalue weighted by Crippen LogP contribution is -2.47. The lowest BCUT2D eigenvalue weighted by molar-refractivity contribution is -0.150. The van der Waals surface area contributed by atoms with Crippen LogP contribution in [0.4, 0.5) is 0 Å². The zero-order valence-electron chi connectivity index (χ0n) is 11.8. The minimum absolute atomic E-state index is 0.157. The number of hydrogen-bond acceptors (Lipinski definition) is 2. The summed E-state index contributed by atoms with van der Waals surface area (Å²) in [4.78, 5) is 26.1. The van der Waals surface area contributed by atoms with Crippen molar-refractivity contribution in [3.63, 3.8) is 0 Å². The second-order valence-electron chi connectivity index (χ2n) is 7.29. The smallest absolute Gasteiger partial charge is 0.326 e. The maximum atomic E-state index is 12.8. The van der Waals surface area contributed by atoms with Gasteiger partial charge in [0.15, 0.2) is 0 Å². The van der Waals surface area contributed by atoms with E-state index in [0.717, 1.165) is 31.6 Å². The first-order valence-corrected chi connectivity index (χ1v) is 8.22. The highest BCUT2D eigenvalue weighted by atomic mass is 16.4. The average Bonchev–Trinajstić information content (AvgIpc) is 3.30. The molecule has 4 heteroatoms. The summed E-state index contributed by atoms with van der Waals surface area (Å²) < 4.78 is 0. The van der Waals surface area contributed by atoms with Gasteiger partial charge in [-0.25, -0.2) is 4.79 Å². The van der Waals surface area contributed by atoms with Crippen molar-refractivity contribution in [2.24, 2.45) is 23.7 Å². The number of nitrogens with zero attached hydrogens (tertiary/aromatic N) is 1. The highest BCUT2D eigenvalue weighted by Gasteiger charge is 2.56. The molecule has 1 saturated heterocycles. The van der Waals surface area contributed by atoms with E-state index in [-0.39, 0.29) is 17.9 Å². The van der Waals surface area contributed by atoms with E-state index in [4.69, 9.17) is 0 Å². The van der Waals surface area contributed by atoms with Gasteiger partial charge in [0, 0.05) is 12.0 Å². The van der Waals surface area contributed by atoms with Crippen LogP contribution in [0.2, 0.25) is 0 Å². The van der Waals surface area contributed by atoms with Crippen molar-refractivity contribution in [3.8, 4) is 0 Å². The molecule has 1 heterocycles. The third-order valence-electron chi connectivity index (χ3n) is 6.01. The maximum absolute atomic E-state index is 12.8. The van der Waals surface area contributed by atoms with Gasteiger partial charge in [-0.2, -0.15) is 0 Å². The van der Waals surface area contributed by atoms with Gasteiger partial charge >= 0.3 is 5.97 Å². The molecule has 0 aromatic carbocycles. The van der Waals surface area contributed by atoms with E-state index in [0.29, 0.717) is 18.3 Å². The number of hydrogen-bond donors (Lipinski definition) is 1. The van der Waals surface area contributed by atoms with Crippen LogP contribution in [-0.2, 0) is 9.59 Å². The zero-order chi connectivity index (χ0) is 13.9. The number of carbonyl (C=O) groups excluding carboxylic acids is 1. The van der Waals surface area contributed by atoms with Crippen LogP contribution in [0.1, 0.15) is 51.4 Å². The summed E-state index contributed by atoms with van der Waals surface area (Å²) in [6.07, 6.45) is 8.73. The summed E-state index contributed by atoms with van der Waals surface area (Å²) in [5.41, 5.74) is 0. The lowest BCUT2D eigenvalue weighted by Gasteiger charge is -2.33. The van der Waals surface area contributed by atoms with Crippen LogP contribution < -0.4 is 0 Å². The number of fused-ring (bicyclic) bond motifs is 1.